The van der Waals surface area contributed by atoms with Gasteiger partial charge in [0.25, 0.3) is 11.5 Å². The molecule has 0 fully saturated rings. The Kier molecular flexibility index (Phi) is 5.26. The maximum Gasteiger partial charge on any atom is 0.268 e. The molecule has 0 aliphatic carbocycles. The minimum Gasteiger partial charge on any atom is -0.454 e. The van der Waals surface area contributed by atoms with Crippen molar-refractivity contribution in [2.75, 3.05) is 13.8 Å². The summed E-state index contributed by atoms with van der Waals surface area (Å²) in [5.41, 5.74) is 0.951. The van der Waals surface area contributed by atoms with Crippen molar-refractivity contribution >= 4 is 5.91 Å². The summed E-state index contributed by atoms with van der Waals surface area (Å²) in [7, 11) is 1.66. The van der Waals surface area contributed by atoms with Gasteiger partial charge in [0.15, 0.2) is 17.3 Å². The molecule has 0 saturated carbocycles. The zero-order valence-corrected chi connectivity index (χ0v) is 17.2. The van der Waals surface area contributed by atoms with E-state index in [-0.39, 0.29) is 30.4 Å². The van der Waals surface area contributed by atoms with E-state index in [0.717, 1.165) is 13.0 Å². The highest BCUT2D eigenvalue weighted by atomic mass is 16.7. The minimum atomic E-state index is -0.388. The van der Waals surface area contributed by atoms with Crippen molar-refractivity contribution in [3.05, 3.63) is 64.1 Å². The first-order valence-corrected chi connectivity index (χ1v) is 9.74. The molecule has 156 valence electrons. The van der Waals surface area contributed by atoms with Crippen LogP contribution in [0, 0.1) is 6.92 Å². The number of benzene rings is 1. The Morgan fingerprint density at radius 3 is 2.83 bits per heavy atom. The summed E-state index contributed by atoms with van der Waals surface area (Å²) < 4.78 is 14.1. The third-order valence-corrected chi connectivity index (χ3v) is 5.03. The second-order valence-electron chi connectivity index (χ2n) is 7.19. The first-order valence-electron chi connectivity index (χ1n) is 9.74. The van der Waals surface area contributed by atoms with Gasteiger partial charge in [0.05, 0.1) is 12.2 Å². The molecule has 1 aromatic carbocycles. The normalized spacial score (nSPS) is 12.2. The topological polar surface area (TPSA) is 91.5 Å². The van der Waals surface area contributed by atoms with Crippen LogP contribution in [0.15, 0.2) is 41.6 Å². The van der Waals surface area contributed by atoms with Gasteiger partial charge in [0, 0.05) is 25.9 Å². The van der Waals surface area contributed by atoms with Crippen LogP contribution in [0.2, 0.25) is 0 Å². The van der Waals surface area contributed by atoms with Crippen molar-refractivity contribution in [2.45, 2.75) is 33.4 Å². The molecule has 1 aliphatic heterocycles. The summed E-state index contributed by atoms with van der Waals surface area (Å²) >= 11 is 0. The van der Waals surface area contributed by atoms with Crippen LogP contribution in [0.3, 0.4) is 0 Å². The molecule has 9 heteroatoms. The number of fused-ring (bicyclic) bond motifs is 1. The number of ether oxygens (including phenoxy) is 2. The Morgan fingerprint density at radius 2 is 2.03 bits per heavy atom. The maximum atomic E-state index is 13.2. The number of hydrogen-bond acceptors (Lipinski definition) is 6. The average Bonchev–Trinajstić information content (AvgIpc) is 3.37. The van der Waals surface area contributed by atoms with E-state index in [2.05, 4.69) is 17.1 Å². The summed E-state index contributed by atoms with van der Waals surface area (Å²) in [4.78, 5) is 27.9. The van der Waals surface area contributed by atoms with Gasteiger partial charge in [-0.2, -0.15) is 0 Å². The number of rotatable bonds is 6. The lowest BCUT2D eigenvalue weighted by molar-refractivity contribution is 0.0777. The van der Waals surface area contributed by atoms with Gasteiger partial charge in [0.1, 0.15) is 11.9 Å². The van der Waals surface area contributed by atoms with Crippen LogP contribution in [0.25, 0.3) is 5.69 Å². The van der Waals surface area contributed by atoms with Crippen LogP contribution < -0.4 is 15.0 Å². The Hall–Kier alpha value is -3.62. The largest absolute Gasteiger partial charge is 0.454 e. The van der Waals surface area contributed by atoms with Gasteiger partial charge in [-0.15, -0.1) is 10.2 Å². The highest BCUT2D eigenvalue weighted by Gasteiger charge is 2.22. The van der Waals surface area contributed by atoms with Crippen molar-refractivity contribution in [3.8, 4) is 17.2 Å². The third kappa shape index (κ3) is 3.54. The summed E-state index contributed by atoms with van der Waals surface area (Å²) in [6.45, 7) is 5.00. The second-order valence-corrected chi connectivity index (χ2v) is 7.19. The molecule has 0 radical (unpaired) electrons. The molecule has 3 aromatic rings. The standard InChI is InChI=1S/C21H23N5O4/c1-4-8-25-12-22-23-18(25)11-24(3)20(27)19-14(2)7-9-26(21(19)28)15-5-6-16-17(10-15)30-13-29-16/h5-7,9-10,12H,4,8,11,13H2,1-3H3. The Balaban J connectivity index is 1.65. The van der Waals surface area contributed by atoms with Crippen molar-refractivity contribution in [2.24, 2.45) is 0 Å². The zero-order chi connectivity index (χ0) is 21.3. The predicted molar refractivity (Wildman–Crippen MR) is 109 cm³/mol. The first-order chi connectivity index (χ1) is 14.5. The second kappa shape index (κ2) is 8.02. The van der Waals surface area contributed by atoms with Crippen LogP contribution >= 0.6 is 0 Å². The van der Waals surface area contributed by atoms with E-state index in [9.17, 15) is 9.59 Å². The zero-order valence-electron chi connectivity index (χ0n) is 17.2. The Labute approximate surface area is 173 Å². The number of carbonyl (C=O) groups excluding carboxylic acids is 1. The average molecular weight is 409 g/mol. The lowest BCUT2D eigenvalue weighted by atomic mass is 10.1. The molecular formula is C21H23N5O4. The monoisotopic (exact) mass is 409 g/mol. The summed E-state index contributed by atoms with van der Waals surface area (Å²) in [6.07, 6.45) is 4.24. The van der Waals surface area contributed by atoms with E-state index in [1.807, 2.05) is 4.57 Å². The molecule has 0 N–H and O–H groups in total. The molecule has 0 unspecified atom stereocenters. The highest BCUT2D eigenvalue weighted by Crippen LogP contribution is 2.33. The highest BCUT2D eigenvalue weighted by molar-refractivity contribution is 5.95. The first kappa shape index (κ1) is 19.7. The van der Waals surface area contributed by atoms with Crippen LogP contribution in [-0.4, -0.2) is 44.0 Å². The number of aryl methyl sites for hydroxylation is 2. The molecule has 30 heavy (non-hydrogen) atoms. The lowest BCUT2D eigenvalue weighted by Gasteiger charge is -2.19. The fourth-order valence-electron chi connectivity index (χ4n) is 3.43. The smallest absolute Gasteiger partial charge is 0.268 e. The van der Waals surface area contributed by atoms with Gasteiger partial charge >= 0.3 is 0 Å². The molecule has 3 heterocycles. The van der Waals surface area contributed by atoms with E-state index in [4.69, 9.17) is 9.47 Å². The Morgan fingerprint density at radius 1 is 1.23 bits per heavy atom. The quantitative estimate of drug-likeness (QED) is 0.620. The predicted octanol–water partition coefficient (Wildman–Crippen LogP) is 2.15. The molecule has 1 amide bonds. The molecule has 9 nitrogen and oxygen atoms in total. The van der Waals surface area contributed by atoms with Gasteiger partial charge in [-0.1, -0.05) is 6.92 Å². The summed E-state index contributed by atoms with van der Waals surface area (Å²) in [5.74, 6) is 1.52. The molecule has 2 aromatic heterocycles. The van der Waals surface area contributed by atoms with E-state index in [1.54, 1.807) is 50.8 Å². The number of hydrogen-bond donors (Lipinski definition) is 0. The lowest BCUT2D eigenvalue weighted by Crippen LogP contribution is -2.35. The van der Waals surface area contributed by atoms with Crippen molar-refractivity contribution in [1.29, 1.82) is 0 Å². The number of pyridine rings is 1. The van der Waals surface area contributed by atoms with Crippen LogP contribution in [-0.2, 0) is 13.1 Å². The SMILES string of the molecule is CCCn1cnnc1CN(C)C(=O)c1c(C)ccn(-c2ccc3c(c2)OCO3)c1=O. The number of aromatic nitrogens is 4. The van der Waals surface area contributed by atoms with Gasteiger partial charge in [-0.3, -0.25) is 14.2 Å². The molecule has 0 atom stereocenters. The van der Waals surface area contributed by atoms with Crippen LogP contribution in [0.5, 0.6) is 11.5 Å². The van der Waals surface area contributed by atoms with Crippen LogP contribution in [0.4, 0.5) is 0 Å². The molecule has 4 rings (SSSR count). The fraction of sp³-hybridized carbons (Fsp3) is 0.333. The molecular weight excluding hydrogens is 386 g/mol. The molecule has 1 aliphatic rings. The van der Waals surface area contributed by atoms with Crippen LogP contribution in [0.1, 0.15) is 35.1 Å². The third-order valence-electron chi connectivity index (χ3n) is 5.03. The van der Waals surface area contributed by atoms with Gasteiger partial charge < -0.3 is 18.9 Å². The van der Waals surface area contributed by atoms with Crippen molar-refractivity contribution in [3.63, 3.8) is 0 Å². The number of amides is 1. The van der Waals surface area contributed by atoms with Crippen molar-refractivity contribution in [1.82, 2.24) is 24.2 Å². The molecule has 0 saturated heterocycles. The number of carbonyl (C=O) groups is 1. The van der Waals surface area contributed by atoms with E-state index in [1.165, 1.54) is 9.47 Å². The fourth-order valence-corrected chi connectivity index (χ4v) is 3.43. The summed E-state index contributed by atoms with van der Waals surface area (Å²) in [5, 5.41) is 8.03. The van der Waals surface area contributed by atoms with Gasteiger partial charge in [-0.25, -0.2) is 0 Å². The molecule has 0 bridgehead atoms. The van der Waals surface area contributed by atoms with Gasteiger partial charge in [0.2, 0.25) is 6.79 Å². The number of nitrogens with zero attached hydrogens (tertiary/aromatic N) is 5. The summed E-state index contributed by atoms with van der Waals surface area (Å²) in [6, 6.07) is 6.99. The van der Waals surface area contributed by atoms with E-state index < -0.39 is 0 Å². The van der Waals surface area contributed by atoms with Crippen molar-refractivity contribution < 1.29 is 14.3 Å². The van der Waals surface area contributed by atoms with E-state index in [0.29, 0.717) is 28.6 Å². The Bertz CT molecular complexity index is 1150. The molecule has 0 spiro atoms. The maximum absolute atomic E-state index is 13.2. The minimum absolute atomic E-state index is 0.124. The van der Waals surface area contributed by atoms with Gasteiger partial charge in [-0.05, 0) is 37.1 Å². The van der Waals surface area contributed by atoms with E-state index >= 15 is 0 Å².